The highest BCUT2D eigenvalue weighted by Crippen LogP contribution is 2.29. The summed E-state index contributed by atoms with van der Waals surface area (Å²) >= 11 is 0. The van der Waals surface area contributed by atoms with E-state index in [1.807, 2.05) is 26.1 Å². The molecule has 0 fully saturated rings. The number of rotatable bonds is 5. The monoisotopic (exact) mass is 501 g/mol. The molecule has 9 nitrogen and oxygen atoms in total. The third-order valence-electron chi connectivity index (χ3n) is 5.05. The number of imidazole rings is 1. The summed E-state index contributed by atoms with van der Waals surface area (Å²) in [4.78, 5) is 22.8. The van der Waals surface area contributed by atoms with Gasteiger partial charge in [0.25, 0.3) is 10.0 Å². The predicted molar refractivity (Wildman–Crippen MR) is 126 cm³/mol. The van der Waals surface area contributed by atoms with Gasteiger partial charge in [-0.25, -0.2) is 32.0 Å². The fourth-order valence-corrected chi connectivity index (χ4v) is 4.24. The molecule has 182 valence electrons. The highest BCUT2D eigenvalue weighted by molar-refractivity contribution is 7.92. The number of nitrogens with one attached hydrogen (secondary N) is 3. The first-order valence-electron chi connectivity index (χ1n) is 10.3. The first kappa shape index (κ1) is 24.1. The van der Waals surface area contributed by atoms with Crippen molar-refractivity contribution in [3.05, 3.63) is 72.2 Å². The van der Waals surface area contributed by atoms with Crippen LogP contribution in [0.5, 0.6) is 5.75 Å². The summed E-state index contributed by atoms with van der Waals surface area (Å²) in [7, 11) is -4.19. The maximum absolute atomic E-state index is 15.0. The molecule has 3 N–H and O–H groups in total. The number of carbonyl (C=O) groups is 1. The average molecular weight is 502 g/mol. The number of aromatic amines is 1. The number of carbonyl (C=O) groups excluding carboxylic acids is 1. The second-order valence-electron chi connectivity index (χ2n) is 8.62. The topological polar surface area (TPSA) is 126 Å². The maximum atomic E-state index is 15.0. The Kier molecular flexibility index (Phi) is 6.15. The Labute approximate surface area is 199 Å². The van der Waals surface area contributed by atoms with Gasteiger partial charge in [0, 0.05) is 6.07 Å². The number of nitrogens with zero attached hydrogens (tertiary/aromatic N) is 2. The summed E-state index contributed by atoms with van der Waals surface area (Å²) in [6.07, 6.45) is 1.41. The Balaban J connectivity index is 1.53. The number of amides is 1. The van der Waals surface area contributed by atoms with Crippen molar-refractivity contribution in [2.75, 3.05) is 10.0 Å². The van der Waals surface area contributed by atoms with Crippen LogP contribution in [0.25, 0.3) is 11.2 Å². The molecule has 0 atom stereocenters. The summed E-state index contributed by atoms with van der Waals surface area (Å²) in [5, 5.41) is 1.96. The minimum absolute atomic E-state index is 0.00405. The zero-order chi connectivity index (χ0) is 25.4. The van der Waals surface area contributed by atoms with Crippen LogP contribution in [-0.4, -0.2) is 29.5 Å². The van der Waals surface area contributed by atoms with Gasteiger partial charge in [-0.2, -0.15) is 0 Å². The van der Waals surface area contributed by atoms with E-state index in [0.717, 1.165) is 17.7 Å². The van der Waals surface area contributed by atoms with Gasteiger partial charge in [0.2, 0.25) is 0 Å². The lowest BCUT2D eigenvalue weighted by Gasteiger charge is -2.19. The van der Waals surface area contributed by atoms with Gasteiger partial charge in [-0.15, -0.1) is 0 Å². The highest BCUT2D eigenvalue weighted by atomic mass is 32.2. The lowest BCUT2D eigenvalue weighted by molar-refractivity contribution is 0.215. The predicted octanol–water partition coefficient (Wildman–Crippen LogP) is 4.95. The highest BCUT2D eigenvalue weighted by Gasteiger charge is 2.23. The zero-order valence-corrected chi connectivity index (χ0v) is 19.7. The van der Waals surface area contributed by atoms with Crippen molar-refractivity contribution in [2.45, 2.75) is 31.1 Å². The van der Waals surface area contributed by atoms with Crippen molar-refractivity contribution in [1.82, 2.24) is 15.0 Å². The molecule has 0 aliphatic heterocycles. The summed E-state index contributed by atoms with van der Waals surface area (Å²) in [5.74, 6) is -2.45. The summed E-state index contributed by atoms with van der Waals surface area (Å²) in [6, 6.07) is 9.27. The molecule has 2 aromatic heterocycles. The van der Waals surface area contributed by atoms with Gasteiger partial charge in [0.1, 0.15) is 11.5 Å². The third-order valence-corrected chi connectivity index (χ3v) is 6.43. The minimum atomic E-state index is -4.19. The molecular weight excluding hydrogens is 480 g/mol. The zero-order valence-electron chi connectivity index (χ0n) is 18.9. The fourth-order valence-electron chi connectivity index (χ4n) is 3.18. The molecule has 4 rings (SSSR count). The van der Waals surface area contributed by atoms with Crippen LogP contribution < -0.4 is 14.8 Å². The van der Waals surface area contributed by atoms with E-state index in [1.165, 1.54) is 30.7 Å². The molecule has 0 bridgehead atoms. The van der Waals surface area contributed by atoms with Crippen LogP contribution >= 0.6 is 0 Å². The molecule has 0 spiro atoms. The van der Waals surface area contributed by atoms with E-state index in [2.05, 4.69) is 19.7 Å². The van der Waals surface area contributed by atoms with Gasteiger partial charge in [-0.1, -0.05) is 32.9 Å². The van der Waals surface area contributed by atoms with Crippen molar-refractivity contribution in [1.29, 1.82) is 0 Å². The summed E-state index contributed by atoms with van der Waals surface area (Å²) < 4.78 is 61.9. The largest absolute Gasteiger partial charge is 0.417 e. The van der Waals surface area contributed by atoms with Gasteiger partial charge in [0.15, 0.2) is 17.2 Å². The van der Waals surface area contributed by atoms with Gasteiger partial charge in [-0.05, 0) is 35.2 Å². The number of halogens is 2. The van der Waals surface area contributed by atoms with Crippen molar-refractivity contribution in [3.63, 3.8) is 0 Å². The smallest absolute Gasteiger partial charge is 0.408 e. The number of sulfonamides is 1. The average Bonchev–Trinajstić information content (AvgIpc) is 3.26. The summed E-state index contributed by atoms with van der Waals surface area (Å²) in [6.45, 7) is 5.94. The van der Waals surface area contributed by atoms with E-state index < -0.39 is 39.1 Å². The lowest BCUT2D eigenvalue weighted by Crippen LogP contribution is -2.20. The van der Waals surface area contributed by atoms with Crippen molar-refractivity contribution in [3.8, 4) is 5.75 Å². The normalized spacial score (nSPS) is 11.9. The second kappa shape index (κ2) is 8.95. The van der Waals surface area contributed by atoms with E-state index in [9.17, 15) is 17.6 Å². The molecular formula is C23H21F2N5O4S. The lowest BCUT2D eigenvalue weighted by atomic mass is 9.87. The molecule has 2 aromatic carbocycles. The number of pyridine rings is 1. The molecule has 0 aliphatic carbocycles. The number of benzene rings is 2. The minimum Gasteiger partial charge on any atom is -0.408 e. The van der Waals surface area contributed by atoms with E-state index in [0.29, 0.717) is 11.2 Å². The molecule has 35 heavy (non-hydrogen) atoms. The molecule has 1 amide bonds. The molecule has 0 saturated carbocycles. The number of anilines is 2. The van der Waals surface area contributed by atoms with Crippen LogP contribution in [0.2, 0.25) is 0 Å². The third kappa shape index (κ3) is 5.22. The first-order chi connectivity index (χ1) is 16.4. The van der Waals surface area contributed by atoms with Gasteiger partial charge >= 0.3 is 6.09 Å². The fraction of sp³-hybridized carbons (Fsp3) is 0.174. The Morgan fingerprint density at radius 2 is 1.77 bits per heavy atom. The number of ether oxygens (including phenoxy) is 1. The Morgan fingerprint density at radius 3 is 2.46 bits per heavy atom. The van der Waals surface area contributed by atoms with Crippen LogP contribution in [0.4, 0.5) is 25.0 Å². The second-order valence-corrected chi connectivity index (χ2v) is 10.3. The van der Waals surface area contributed by atoms with E-state index in [1.54, 1.807) is 12.1 Å². The quantitative estimate of drug-likeness (QED) is 0.355. The Hall–Kier alpha value is -4.06. The number of fused-ring (bicyclic) bond motifs is 1. The molecule has 0 aliphatic rings. The Bertz CT molecular complexity index is 1510. The number of aromatic nitrogens is 3. The maximum Gasteiger partial charge on any atom is 0.417 e. The first-order valence-corrected chi connectivity index (χ1v) is 11.8. The van der Waals surface area contributed by atoms with Gasteiger partial charge in [-0.3, -0.25) is 10.0 Å². The Morgan fingerprint density at radius 1 is 1.06 bits per heavy atom. The van der Waals surface area contributed by atoms with Crippen molar-refractivity contribution in [2.24, 2.45) is 0 Å². The number of H-pyrrole nitrogens is 1. The molecule has 2 heterocycles. The van der Waals surface area contributed by atoms with Crippen molar-refractivity contribution >= 4 is 38.7 Å². The van der Waals surface area contributed by atoms with Crippen LogP contribution in [0.15, 0.2) is 59.9 Å². The number of hydrogen-bond acceptors (Lipinski definition) is 6. The van der Waals surface area contributed by atoms with Crippen LogP contribution in [0.3, 0.4) is 0 Å². The van der Waals surface area contributed by atoms with Gasteiger partial charge < -0.3 is 9.72 Å². The van der Waals surface area contributed by atoms with E-state index in [-0.39, 0.29) is 16.1 Å². The van der Waals surface area contributed by atoms with Gasteiger partial charge in [0.05, 0.1) is 28.6 Å². The van der Waals surface area contributed by atoms with E-state index >= 15 is 4.39 Å². The van der Waals surface area contributed by atoms with E-state index in [4.69, 9.17) is 4.74 Å². The SMILES string of the molecule is CC(C)(C)c1ccc(S(=O)(=O)Nc2ccc(F)c(NC(=O)Oc3cnc4nc[nH]c4c3)c2F)cc1. The van der Waals surface area contributed by atoms with Crippen LogP contribution in [0, 0.1) is 11.6 Å². The molecule has 0 saturated heterocycles. The molecule has 12 heteroatoms. The van der Waals surface area contributed by atoms with Crippen molar-refractivity contribution < 1.29 is 26.7 Å². The standard InChI is InChI=1S/C23H21F2N5O4S/c1-23(2,3)13-4-6-15(7-5-13)35(32,33)30-17-9-8-16(24)20(19(17)25)29-22(31)34-14-10-18-21(26-11-14)28-12-27-18/h4-12,30H,1-3H3,(H,29,31)(H,26,27,28). The molecule has 0 radical (unpaired) electrons. The molecule has 4 aromatic rings. The number of hydrogen-bond donors (Lipinski definition) is 3. The van der Waals surface area contributed by atoms with Crippen LogP contribution in [0.1, 0.15) is 26.3 Å². The summed E-state index contributed by atoms with van der Waals surface area (Å²) in [5.41, 5.74) is 0.170. The molecule has 0 unspecified atom stereocenters. The van der Waals surface area contributed by atoms with Crippen LogP contribution in [-0.2, 0) is 15.4 Å².